The molecule has 0 aromatic heterocycles. The van der Waals surface area contributed by atoms with Crippen molar-refractivity contribution in [2.45, 2.75) is 45.0 Å². The van der Waals surface area contributed by atoms with E-state index >= 15 is 0 Å². The second-order valence-corrected chi connectivity index (χ2v) is 5.39. The Morgan fingerprint density at radius 2 is 1.94 bits per heavy atom. The molecular formula is C11H19F3N2O2. The van der Waals surface area contributed by atoms with Crippen LogP contribution in [0, 0.1) is 5.92 Å². The molecule has 0 bridgehead atoms. The molecule has 106 valence electrons. The summed E-state index contributed by atoms with van der Waals surface area (Å²) in [6.45, 7) is 5.38. The van der Waals surface area contributed by atoms with Crippen LogP contribution in [-0.4, -0.2) is 37.0 Å². The summed E-state index contributed by atoms with van der Waals surface area (Å²) < 4.78 is 43.2. The molecule has 0 saturated carbocycles. The highest BCUT2D eigenvalue weighted by atomic mass is 19.4. The molecule has 1 aliphatic rings. The van der Waals surface area contributed by atoms with Crippen LogP contribution in [0.4, 0.5) is 18.0 Å². The smallest absolute Gasteiger partial charge is 0.407 e. The molecule has 7 heteroatoms. The Morgan fingerprint density at radius 3 is 2.44 bits per heavy atom. The van der Waals surface area contributed by atoms with Gasteiger partial charge in [0.15, 0.2) is 0 Å². The van der Waals surface area contributed by atoms with Gasteiger partial charge in [0.25, 0.3) is 0 Å². The number of hydrogen-bond donors (Lipinski definition) is 2. The molecule has 1 fully saturated rings. The minimum atomic E-state index is -4.30. The zero-order valence-corrected chi connectivity index (χ0v) is 10.7. The highest BCUT2D eigenvalue weighted by molar-refractivity contribution is 5.68. The molecule has 1 aliphatic heterocycles. The molecule has 0 aliphatic carbocycles. The van der Waals surface area contributed by atoms with Crippen LogP contribution in [0.2, 0.25) is 0 Å². The summed E-state index contributed by atoms with van der Waals surface area (Å²) in [6.07, 6.45) is -5.16. The van der Waals surface area contributed by atoms with Crippen LogP contribution in [-0.2, 0) is 4.74 Å². The van der Waals surface area contributed by atoms with Crippen LogP contribution < -0.4 is 10.6 Å². The van der Waals surface area contributed by atoms with Crippen LogP contribution in [0.25, 0.3) is 0 Å². The number of alkyl halides is 3. The van der Waals surface area contributed by atoms with Gasteiger partial charge < -0.3 is 15.4 Å². The number of hydrogen-bond acceptors (Lipinski definition) is 3. The number of nitrogens with one attached hydrogen (secondary N) is 2. The molecule has 1 heterocycles. The quantitative estimate of drug-likeness (QED) is 0.765. The lowest BCUT2D eigenvalue weighted by Crippen LogP contribution is -2.55. The van der Waals surface area contributed by atoms with E-state index in [9.17, 15) is 18.0 Å². The van der Waals surface area contributed by atoms with Crippen molar-refractivity contribution in [3.8, 4) is 0 Å². The predicted octanol–water partition coefficient (Wildman–Crippen LogP) is 2.05. The maximum Gasteiger partial charge on any atom is 0.407 e. The summed E-state index contributed by atoms with van der Waals surface area (Å²) in [4.78, 5) is 11.5. The third-order valence-electron chi connectivity index (χ3n) is 2.60. The predicted molar refractivity (Wildman–Crippen MR) is 60.2 cm³/mol. The second kappa shape index (κ2) is 5.34. The zero-order valence-electron chi connectivity index (χ0n) is 10.7. The van der Waals surface area contributed by atoms with Crippen LogP contribution in [0.1, 0.15) is 27.2 Å². The van der Waals surface area contributed by atoms with Gasteiger partial charge in [0.05, 0.1) is 12.0 Å². The first kappa shape index (κ1) is 15.1. The first-order valence-electron chi connectivity index (χ1n) is 5.86. The van der Waals surface area contributed by atoms with Crippen molar-refractivity contribution >= 4 is 6.09 Å². The fourth-order valence-corrected chi connectivity index (χ4v) is 1.86. The van der Waals surface area contributed by atoms with Gasteiger partial charge in [0.2, 0.25) is 0 Å². The minimum Gasteiger partial charge on any atom is -0.444 e. The zero-order chi connectivity index (χ0) is 14.0. The summed E-state index contributed by atoms with van der Waals surface area (Å²) in [5, 5.41) is 5.12. The monoisotopic (exact) mass is 268 g/mol. The van der Waals surface area contributed by atoms with E-state index in [-0.39, 0.29) is 13.0 Å². The van der Waals surface area contributed by atoms with Gasteiger partial charge in [-0.15, -0.1) is 0 Å². The Kier molecular flexibility index (Phi) is 4.47. The minimum absolute atomic E-state index is 0.0377. The molecule has 0 aromatic carbocycles. The summed E-state index contributed by atoms with van der Waals surface area (Å²) in [5.74, 6) is -1.52. The van der Waals surface area contributed by atoms with Crippen molar-refractivity contribution in [2.24, 2.45) is 5.92 Å². The number of piperidine rings is 1. The van der Waals surface area contributed by atoms with Crippen molar-refractivity contribution in [3.05, 3.63) is 0 Å². The fraction of sp³-hybridized carbons (Fsp3) is 0.909. The van der Waals surface area contributed by atoms with Crippen molar-refractivity contribution < 1.29 is 22.7 Å². The summed E-state index contributed by atoms with van der Waals surface area (Å²) >= 11 is 0. The van der Waals surface area contributed by atoms with E-state index in [4.69, 9.17) is 4.74 Å². The molecule has 0 unspecified atom stereocenters. The molecule has 1 amide bonds. The highest BCUT2D eigenvalue weighted by Crippen LogP contribution is 2.32. The lowest BCUT2D eigenvalue weighted by molar-refractivity contribution is -0.186. The average Bonchev–Trinajstić information content (AvgIpc) is 2.13. The lowest BCUT2D eigenvalue weighted by atomic mass is 9.92. The van der Waals surface area contributed by atoms with Crippen molar-refractivity contribution in [1.29, 1.82) is 0 Å². The molecule has 0 radical (unpaired) electrons. The van der Waals surface area contributed by atoms with E-state index in [2.05, 4.69) is 10.6 Å². The largest absolute Gasteiger partial charge is 0.444 e. The molecule has 2 atom stereocenters. The van der Waals surface area contributed by atoms with Gasteiger partial charge >= 0.3 is 12.3 Å². The number of halogens is 3. The summed E-state index contributed by atoms with van der Waals surface area (Å²) in [6, 6.07) is -0.978. The van der Waals surface area contributed by atoms with E-state index < -0.39 is 29.8 Å². The Balaban J connectivity index is 2.60. The van der Waals surface area contributed by atoms with E-state index in [1.807, 2.05) is 0 Å². The Bertz CT molecular complexity index is 300. The standard InChI is InChI=1S/C11H19F3N2O2/c1-10(2,3)18-9(17)16-8-6-15-5-4-7(8)11(12,13)14/h7-8,15H,4-6H2,1-3H3,(H,16,17)/t7-,8-/m0/s1. The molecule has 18 heavy (non-hydrogen) atoms. The Morgan fingerprint density at radius 1 is 1.33 bits per heavy atom. The number of carbonyl (C=O) groups is 1. The highest BCUT2D eigenvalue weighted by Gasteiger charge is 2.46. The number of amides is 1. The average molecular weight is 268 g/mol. The van der Waals surface area contributed by atoms with E-state index in [1.165, 1.54) is 0 Å². The van der Waals surface area contributed by atoms with Gasteiger partial charge in [0, 0.05) is 6.54 Å². The topological polar surface area (TPSA) is 50.4 Å². The molecule has 4 nitrogen and oxygen atoms in total. The third kappa shape index (κ3) is 4.72. The van der Waals surface area contributed by atoms with E-state index in [0.29, 0.717) is 6.54 Å². The fourth-order valence-electron chi connectivity index (χ4n) is 1.86. The van der Waals surface area contributed by atoms with Crippen LogP contribution in [0.5, 0.6) is 0 Å². The maximum atomic E-state index is 12.8. The van der Waals surface area contributed by atoms with Crippen LogP contribution in [0.15, 0.2) is 0 Å². The number of alkyl carbamates (subject to hydrolysis) is 1. The van der Waals surface area contributed by atoms with Gasteiger partial charge in [-0.05, 0) is 33.7 Å². The molecular weight excluding hydrogens is 249 g/mol. The van der Waals surface area contributed by atoms with Gasteiger partial charge in [0.1, 0.15) is 5.60 Å². The van der Waals surface area contributed by atoms with Gasteiger partial charge in [-0.3, -0.25) is 0 Å². The van der Waals surface area contributed by atoms with Crippen molar-refractivity contribution in [1.82, 2.24) is 10.6 Å². The number of ether oxygens (including phenoxy) is 1. The van der Waals surface area contributed by atoms with Gasteiger partial charge in [-0.25, -0.2) is 4.79 Å². The van der Waals surface area contributed by atoms with Crippen molar-refractivity contribution in [3.63, 3.8) is 0 Å². The molecule has 0 spiro atoms. The maximum absolute atomic E-state index is 12.8. The molecule has 0 aromatic rings. The van der Waals surface area contributed by atoms with Gasteiger partial charge in [-0.1, -0.05) is 0 Å². The number of rotatable bonds is 1. The van der Waals surface area contributed by atoms with Crippen LogP contribution >= 0.6 is 0 Å². The third-order valence-corrected chi connectivity index (χ3v) is 2.60. The molecule has 1 saturated heterocycles. The van der Waals surface area contributed by atoms with E-state index in [1.54, 1.807) is 20.8 Å². The first-order valence-corrected chi connectivity index (χ1v) is 5.86. The van der Waals surface area contributed by atoms with Crippen molar-refractivity contribution in [2.75, 3.05) is 13.1 Å². The Hall–Kier alpha value is -0.980. The second-order valence-electron chi connectivity index (χ2n) is 5.39. The number of carbonyl (C=O) groups excluding carboxylic acids is 1. The normalized spacial score (nSPS) is 25.7. The summed E-state index contributed by atoms with van der Waals surface area (Å²) in [7, 11) is 0. The molecule has 1 rings (SSSR count). The van der Waals surface area contributed by atoms with Gasteiger partial charge in [-0.2, -0.15) is 13.2 Å². The lowest BCUT2D eigenvalue weighted by Gasteiger charge is -2.34. The molecule has 2 N–H and O–H groups in total. The van der Waals surface area contributed by atoms with E-state index in [0.717, 1.165) is 0 Å². The SMILES string of the molecule is CC(C)(C)OC(=O)N[C@H]1CNCC[C@@H]1C(F)(F)F. The van der Waals surface area contributed by atoms with Crippen LogP contribution in [0.3, 0.4) is 0 Å². The first-order chi connectivity index (χ1) is 8.09. The Labute approximate surface area is 104 Å². The summed E-state index contributed by atoms with van der Waals surface area (Å²) in [5.41, 5.74) is -0.722.